The lowest BCUT2D eigenvalue weighted by molar-refractivity contribution is 0.0939. The largest absolute Gasteiger partial charge is 0.344 e. The SMILES string of the molecule is Cc1nn2ncccc2c1C(=O)N[C@@H](C)c1cc2cccc(C#Cc3ccn(C)n3)c2c(=O)n1-c1ccccc1. The zero-order valence-corrected chi connectivity index (χ0v) is 22.2. The second-order valence-corrected chi connectivity index (χ2v) is 9.49. The maximum absolute atomic E-state index is 14.2. The molecule has 4 heterocycles. The number of hydrogen-bond donors (Lipinski definition) is 1. The monoisotopic (exact) mass is 527 g/mol. The molecule has 9 nitrogen and oxygen atoms in total. The van der Waals surface area contributed by atoms with Crippen LogP contribution in [0.4, 0.5) is 0 Å². The zero-order valence-electron chi connectivity index (χ0n) is 22.2. The summed E-state index contributed by atoms with van der Waals surface area (Å²) in [4.78, 5) is 27.7. The van der Waals surface area contributed by atoms with Gasteiger partial charge in [0.1, 0.15) is 11.2 Å². The predicted octanol–water partition coefficient (Wildman–Crippen LogP) is 3.97. The fraction of sp³-hybridized carbons (Fsp3) is 0.129. The van der Waals surface area contributed by atoms with E-state index in [0.717, 1.165) is 5.39 Å². The highest BCUT2D eigenvalue weighted by atomic mass is 16.2. The Kier molecular flexibility index (Phi) is 6.21. The van der Waals surface area contributed by atoms with Crippen molar-refractivity contribution >= 4 is 22.2 Å². The number of rotatable bonds is 4. The average molecular weight is 528 g/mol. The molecule has 1 amide bonds. The molecule has 0 bridgehead atoms. The van der Waals surface area contributed by atoms with Gasteiger partial charge in [0.15, 0.2) is 0 Å². The van der Waals surface area contributed by atoms with E-state index < -0.39 is 6.04 Å². The number of nitrogens with one attached hydrogen (secondary N) is 1. The van der Waals surface area contributed by atoms with Crippen LogP contribution in [0, 0.1) is 18.8 Å². The molecule has 0 spiro atoms. The lowest BCUT2D eigenvalue weighted by atomic mass is 10.0. The normalized spacial score (nSPS) is 11.8. The van der Waals surface area contributed by atoms with Crippen molar-refractivity contribution in [3.8, 4) is 17.5 Å². The summed E-state index contributed by atoms with van der Waals surface area (Å²) >= 11 is 0. The van der Waals surface area contributed by atoms with Gasteiger partial charge in [-0.3, -0.25) is 18.8 Å². The summed E-state index contributed by atoms with van der Waals surface area (Å²) in [6.45, 7) is 3.64. The number of para-hydroxylation sites is 1. The molecule has 6 aromatic rings. The maximum atomic E-state index is 14.2. The Hall–Kier alpha value is -5.49. The Morgan fingerprint density at radius 2 is 1.80 bits per heavy atom. The standard InChI is InChI=1S/C31H25N7O2/c1-20(33-30(39)28-21(2)34-38-26(28)13-8-17-32-38)27-19-23-10-7-9-22(14-15-24-16-18-36(3)35-24)29(23)31(40)37(27)25-11-5-4-6-12-25/h4-13,16-20H,1-3H3,(H,33,39)/t20-/m0/s1. The van der Waals surface area contributed by atoms with Gasteiger partial charge in [-0.1, -0.05) is 36.3 Å². The van der Waals surface area contributed by atoms with Crippen molar-refractivity contribution in [2.45, 2.75) is 19.9 Å². The van der Waals surface area contributed by atoms with Crippen molar-refractivity contribution in [2.24, 2.45) is 7.05 Å². The third-order valence-corrected chi connectivity index (χ3v) is 6.74. The number of benzene rings is 2. The second kappa shape index (κ2) is 10.0. The number of aromatic nitrogens is 6. The number of fused-ring (bicyclic) bond motifs is 2. The summed E-state index contributed by atoms with van der Waals surface area (Å²) in [5.74, 6) is 5.90. The van der Waals surface area contributed by atoms with Crippen LogP contribution in [0.2, 0.25) is 0 Å². The molecule has 0 aliphatic heterocycles. The Bertz CT molecular complexity index is 2020. The van der Waals surface area contributed by atoms with Crippen LogP contribution in [0.3, 0.4) is 0 Å². The summed E-state index contributed by atoms with van der Waals surface area (Å²) in [5.41, 5.74) is 3.96. The van der Waals surface area contributed by atoms with Crippen LogP contribution in [0.1, 0.15) is 46.0 Å². The van der Waals surface area contributed by atoms with E-state index in [1.807, 2.05) is 80.8 Å². The van der Waals surface area contributed by atoms with Crippen LogP contribution < -0.4 is 10.9 Å². The molecule has 1 atom stereocenters. The molecule has 196 valence electrons. The number of nitrogens with zero attached hydrogens (tertiary/aromatic N) is 6. The molecule has 0 radical (unpaired) electrons. The molecule has 0 aliphatic carbocycles. The van der Waals surface area contributed by atoms with E-state index in [2.05, 4.69) is 32.5 Å². The Morgan fingerprint density at radius 3 is 2.58 bits per heavy atom. The fourth-order valence-corrected chi connectivity index (χ4v) is 4.89. The van der Waals surface area contributed by atoms with E-state index in [1.54, 1.807) is 34.5 Å². The van der Waals surface area contributed by atoms with Gasteiger partial charge >= 0.3 is 0 Å². The van der Waals surface area contributed by atoms with E-state index in [4.69, 9.17) is 0 Å². The van der Waals surface area contributed by atoms with E-state index in [9.17, 15) is 9.59 Å². The minimum absolute atomic E-state index is 0.220. The van der Waals surface area contributed by atoms with Gasteiger partial charge in [-0.2, -0.15) is 19.9 Å². The lowest BCUT2D eigenvalue weighted by Crippen LogP contribution is -2.32. The van der Waals surface area contributed by atoms with E-state index >= 15 is 0 Å². The third-order valence-electron chi connectivity index (χ3n) is 6.74. The first-order valence-corrected chi connectivity index (χ1v) is 12.8. The molecule has 6 rings (SSSR count). The number of carbonyl (C=O) groups excluding carboxylic acids is 1. The fourth-order valence-electron chi connectivity index (χ4n) is 4.89. The number of aryl methyl sites for hydroxylation is 2. The molecule has 40 heavy (non-hydrogen) atoms. The predicted molar refractivity (Wildman–Crippen MR) is 152 cm³/mol. The van der Waals surface area contributed by atoms with E-state index in [1.165, 1.54) is 4.63 Å². The maximum Gasteiger partial charge on any atom is 0.264 e. The number of pyridine rings is 1. The first-order valence-electron chi connectivity index (χ1n) is 12.8. The molecule has 2 aromatic carbocycles. The van der Waals surface area contributed by atoms with Crippen LogP contribution in [0.5, 0.6) is 0 Å². The highest BCUT2D eigenvalue weighted by Gasteiger charge is 2.23. The highest BCUT2D eigenvalue weighted by Crippen LogP contribution is 2.24. The molecule has 0 aliphatic rings. The van der Waals surface area contributed by atoms with Gasteiger partial charge in [0.05, 0.1) is 22.7 Å². The molecule has 9 heteroatoms. The van der Waals surface area contributed by atoms with Gasteiger partial charge in [0.2, 0.25) is 0 Å². The van der Waals surface area contributed by atoms with Gasteiger partial charge in [-0.15, -0.1) is 0 Å². The van der Waals surface area contributed by atoms with Gasteiger partial charge < -0.3 is 5.32 Å². The van der Waals surface area contributed by atoms with Crippen molar-refractivity contribution in [2.75, 3.05) is 0 Å². The third kappa shape index (κ3) is 4.41. The quantitative estimate of drug-likeness (QED) is 0.350. The number of hydrogen-bond acceptors (Lipinski definition) is 5. The van der Waals surface area contributed by atoms with Crippen LogP contribution in [0.15, 0.2) is 90.0 Å². The van der Waals surface area contributed by atoms with Crippen LogP contribution >= 0.6 is 0 Å². The summed E-state index contributed by atoms with van der Waals surface area (Å²) in [5, 5.41) is 17.2. The van der Waals surface area contributed by atoms with E-state index in [0.29, 0.717) is 44.8 Å². The Morgan fingerprint density at radius 1 is 0.975 bits per heavy atom. The minimum atomic E-state index is -0.515. The Balaban J connectivity index is 1.48. The van der Waals surface area contributed by atoms with Gasteiger partial charge in [0, 0.05) is 36.4 Å². The smallest absolute Gasteiger partial charge is 0.264 e. The highest BCUT2D eigenvalue weighted by molar-refractivity contribution is 6.02. The molecule has 0 unspecified atom stereocenters. The average Bonchev–Trinajstić information content (AvgIpc) is 3.53. The first-order chi connectivity index (χ1) is 19.4. The summed E-state index contributed by atoms with van der Waals surface area (Å²) < 4.78 is 4.77. The Labute approximate surface area is 229 Å². The van der Waals surface area contributed by atoms with Crippen molar-refractivity contribution in [3.05, 3.63) is 124 Å². The van der Waals surface area contributed by atoms with Crippen molar-refractivity contribution in [1.29, 1.82) is 0 Å². The van der Waals surface area contributed by atoms with Crippen molar-refractivity contribution in [1.82, 2.24) is 34.5 Å². The number of amides is 1. The van der Waals surface area contributed by atoms with Gasteiger partial charge in [-0.25, -0.2) is 0 Å². The van der Waals surface area contributed by atoms with Crippen LogP contribution in [-0.4, -0.2) is 35.1 Å². The molecule has 0 saturated carbocycles. The van der Waals surface area contributed by atoms with Crippen molar-refractivity contribution < 1.29 is 4.79 Å². The van der Waals surface area contributed by atoms with Crippen LogP contribution in [0.25, 0.3) is 22.0 Å². The summed E-state index contributed by atoms with van der Waals surface area (Å²) in [7, 11) is 1.83. The lowest BCUT2D eigenvalue weighted by Gasteiger charge is -2.21. The summed E-state index contributed by atoms with van der Waals surface area (Å²) in [6.07, 6.45) is 3.44. The molecular weight excluding hydrogens is 502 g/mol. The number of carbonyl (C=O) groups is 1. The zero-order chi connectivity index (χ0) is 27.8. The molecule has 0 fully saturated rings. The molecule has 0 saturated heterocycles. The molecular formula is C31H25N7O2. The minimum Gasteiger partial charge on any atom is -0.344 e. The van der Waals surface area contributed by atoms with Gasteiger partial charge in [0.25, 0.3) is 11.5 Å². The van der Waals surface area contributed by atoms with Crippen LogP contribution in [-0.2, 0) is 7.05 Å². The topological polar surface area (TPSA) is 99.1 Å². The first kappa shape index (κ1) is 24.8. The van der Waals surface area contributed by atoms with Gasteiger partial charge in [-0.05, 0) is 67.6 Å². The molecule has 4 aromatic heterocycles. The second-order valence-electron chi connectivity index (χ2n) is 9.49. The van der Waals surface area contributed by atoms with E-state index in [-0.39, 0.29) is 11.5 Å². The van der Waals surface area contributed by atoms with Crippen molar-refractivity contribution in [3.63, 3.8) is 0 Å². The molecule has 1 N–H and O–H groups in total. The summed E-state index contributed by atoms with van der Waals surface area (Å²) in [6, 6.07) is 21.8.